The van der Waals surface area contributed by atoms with E-state index in [9.17, 15) is 0 Å². The number of rotatable bonds is 7. The minimum atomic E-state index is 0.602. The summed E-state index contributed by atoms with van der Waals surface area (Å²) in [4.78, 5) is 14.0. The number of methoxy groups -OCH3 is 1. The summed E-state index contributed by atoms with van der Waals surface area (Å²) in [5.41, 5.74) is 2.25. The molecule has 7 heteroatoms. The summed E-state index contributed by atoms with van der Waals surface area (Å²) in [6.07, 6.45) is 1.88. The van der Waals surface area contributed by atoms with Gasteiger partial charge in [-0.1, -0.05) is 18.2 Å². The summed E-state index contributed by atoms with van der Waals surface area (Å²) in [6.45, 7) is 8.30. The summed E-state index contributed by atoms with van der Waals surface area (Å²) < 4.78 is 5.43. The van der Waals surface area contributed by atoms with Crippen LogP contribution in [0, 0.1) is 0 Å². The number of para-hydroxylation sites is 1. The molecule has 2 heterocycles. The first-order valence-corrected chi connectivity index (χ1v) is 10.2. The zero-order valence-electron chi connectivity index (χ0n) is 17.7. The molecule has 3 rings (SSSR count). The lowest BCUT2D eigenvalue weighted by Gasteiger charge is -2.33. The van der Waals surface area contributed by atoms with E-state index in [0.717, 1.165) is 61.4 Å². The molecule has 156 valence electrons. The molecule has 2 N–H and O–H groups in total. The molecule has 7 nitrogen and oxygen atoms in total. The number of aromatic nitrogens is 1. The number of piperazine rings is 1. The van der Waals surface area contributed by atoms with E-state index >= 15 is 0 Å². The number of likely N-dealkylation sites (N-methyl/N-ethyl adjacent to an activating group) is 1. The fraction of sp³-hybridized carbons (Fsp3) is 0.455. The molecule has 1 aromatic heterocycles. The van der Waals surface area contributed by atoms with Gasteiger partial charge in [0.25, 0.3) is 0 Å². The lowest BCUT2D eigenvalue weighted by Crippen LogP contribution is -2.44. The molecular formula is C22H32N6O. The second-order valence-corrected chi connectivity index (χ2v) is 7.17. The van der Waals surface area contributed by atoms with Gasteiger partial charge in [0.2, 0.25) is 0 Å². The number of hydrogen-bond donors (Lipinski definition) is 2. The minimum Gasteiger partial charge on any atom is -0.496 e. The van der Waals surface area contributed by atoms with Crippen LogP contribution >= 0.6 is 0 Å². The molecule has 0 atom stereocenters. The molecule has 1 fully saturated rings. The van der Waals surface area contributed by atoms with Crippen LogP contribution in [0.15, 0.2) is 47.6 Å². The first kappa shape index (κ1) is 20.9. The summed E-state index contributed by atoms with van der Waals surface area (Å²) >= 11 is 0. The monoisotopic (exact) mass is 396 g/mol. The van der Waals surface area contributed by atoms with Crippen LogP contribution in [0.1, 0.15) is 18.1 Å². The zero-order chi connectivity index (χ0) is 20.5. The predicted molar refractivity (Wildman–Crippen MR) is 119 cm³/mol. The van der Waals surface area contributed by atoms with Crippen LogP contribution in [0.2, 0.25) is 0 Å². The molecule has 1 saturated heterocycles. The van der Waals surface area contributed by atoms with Gasteiger partial charge in [-0.25, -0.2) is 9.98 Å². The first-order chi connectivity index (χ1) is 14.2. The van der Waals surface area contributed by atoms with Crippen molar-refractivity contribution in [3.05, 3.63) is 53.7 Å². The number of nitrogens with one attached hydrogen (secondary N) is 2. The first-order valence-electron chi connectivity index (χ1n) is 10.2. The Morgan fingerprint density at radius 2 is 1.93 bits per heavy atom. The van der Waals surface area contributed by atoms with Crippen molar-refractivity contribution in [2.75, 3.05) is 51.8 Å². The van der Waals surface area contributed by atoms with Crippen molar-refractivity contribution in [2.24, 2.45) is 4.99 Å². The Hall–Kier alpha value is -2.80. The van der Waals surface area contributed by atoms with Gasteiger partial charge in [-0.2, -0.15) is 0 Å². The quantitative estimate of drug-likeness (QED) is 0.552. The van der Waals surface area contributed by atoms with E-state index < -0.39 is 0 Å². The molecule has 1 aliphatic rings. The highest BCUT2D eigenvalue weighted by molar-refractivity contribution is 5.79. The summed E-state index contributed by atoms with van der Waals surface area (Å²) in [5.74, 6) is 2.70. The van der Waals surface area contributed by atoms with Gasteiger partial charge in [0.05, 0.1) is 13.7 Å². The smallest absolute Gasteiger partial charge is 0.191 e. The third kappa shape index (κ3) is 6.09. The highest BCUT2D eigenvalue weighted by atomic mass is 16.5. The number of ether oxygens (including phenoxy) is 1. The Morgan fingerprint density at radius 3 is 2.69 bits per heavy atom. The highest BCUT2D eigenvalue weighted by Crippen LogP contribution is 2.17. The molecule has 1 aromatic carbocycles. The van der Waals surface area contributed by atoms with Gasteiger partial charge in [0, 0.05) is 51.0 Å². The molecule has 0 aliphatic carbocycles. The Bertz CT molecular complexity index is 801. The van der Waals surface area contributed by atoms with E-state index in [4.69, 9.17) is 9.73 Å². The molecule has 2 aromatic rings. The normalized spacial score (nSPS) is 15.3. The Balaban J connectivity index is 1.63. The number of pyridine rings is 1. The van der Waals surface area contributed by atoms with Gasteiger partial charge in [0.1, 0.15) is 11.6 Å². The van der Waals surface area contributed by atoms with Crippen LogP contribution in [0.3, 0.4) is 0 Å². The van der Waals surface area contributed by atoms with Crippen LogP contribution in [0.5, 0.6) is 5.75 Å². The highest BCUT2D eigenvalue weighted by Gasteiger charge is 2.15. The van der Waals surface area contributed by atoms with E-state index in [1.807, 2.05) is 30.5 Å². The van der Waals surface area contributed by atoms with E-state index in [-0.39, 0.29) is 0 Å². The van der Waals surface area contributed by atoms with E-state index in [1.165, 1.54) is 0 Å². The Kier molecular flexibility index (Phi) is 7.69. The predicted octanol–water partition coefficient (Wildman–Crippen LogP) is 2.10. The molecule has 0 saturated carbocycles. The summed E-state index contributed by atoms with van der Waals surface area (Å²) in [5, 5.41) is 6.70. The third-order valence-electron chi connectivity index (χ3n) is 5.04. The van der Waals surface area contributed by atoms with E-state index in [1.54, 1.807) is 7.11 Å². The van der Waals surface area contributed by atoms with Gasteiger partial charge in [-0.3, -0.25) is 0 Å². The SMILES string of the molecule is CCNC(=NCc1ccnc(N2CCN(C)CC2)c1)NCc1ccccc1OC. The maximum atomic E-state index is 5.43. The topological polar surface area (TPSA) is 65.0 Å². The molecule has 1 aliphatic heterocycles. The number of benzene rings is 1. The standard InChI is InChI=1S/C22H32N6O/c1-4-23-22(26-17-19-7-5-6-8-20(19)29-3)25-16-18-9-10-24-21(15-18)28-13-11-27(2)12-14-28/h5-10,15H,4,11-14,16-17H2,1-3H3,(H2,23,25,26). The molecule has 0 amide bonds. The number of nitrogens with zero attached hydrogens (tertiary/aromatic N) is 4. The van der Waals surface area contributed by atoms with Crippen LogP contribution in [0.4, 0.5) is 5.82 Å². The summed E-state index contributed by atoms with van der Waals surface area (Å²) in [6, 6.07) is 12.2. The number of anilines is 1. The fourth-order valence-corrected chi connectivity index (χ4v) is 3.31. The van der Waals surface area contributed by atoms with Gasteiger partial charge >= 0.3 is 0 Å². The lowest BCUT2D eigenvalue weighted by atomic mass is 10.2. The lowest BCUT2D eigenvalue weighted by molar-refractivity contribution is 0.312. The van der Waals surface area contributed by atoms with Crippen LogP contribution in [0.25, 0.3) is 0 Å². The van der Waals surface area contributed by atoms with Gasteiger partial charge in [-0.05, 0) is 37.7 Å². The van der Waals surface area contributed by atoms with E-state index in [2.05, 4.69) is 51.5 Å². The number of guanidine groups is 1. The number of hydrogen-bond acceptors (Lipinski definition) is 5. The minimum absolute atomic E-state index is 0.602. The molecular weight excluding hydrogens is 364 g/mol. The molecule has 0 spiro atoms. The van der Waals surface area contributed by atoms with E-state index in [0.29, 0.717) is 13.1 Å². The average Bonchev–Trinajstić information content (AvgIpc) is 2.76. The largest absolute Gasteiger partial charge is 0.496 e. The Morgan fingerprint density at radius 1 is 1.14 bits per heavy atom. The van der Waals surface area contributed by atoms with Crippen molar-refractivity contribution in [1.29, 1.82) is 0 Å². The zero-order valence-corrected chi connectivity index (χ0v) is 17.7. The van der Waals surface area contributed by atoms with Crippen molar-refractivity contribution in [3.8, 4) is 5.75 Å². The van der Waals surface area contributed by atoms with Crippen molar-refractivity contribution in [1.82, 2.24) is 20.5 Å². The maximum Gasteiger partial charge on any atom is 0.191 e. The van der Waals surface area contributed by atoms with Crippen LogP contribution < -0.4 is 20.3 Å². The third-order valence-corrected chi connectivity index (χ3v) is 5.04. The van der Waals surface area contributed by atoms with Crippen molar-refractivity contribution >= 4 is 11.8 Å². The second-order valence-electron chi connectivity index (χ2n) is 7.17. The van der Waals surface area contributed by atoms with Crippen LogP contribution in [-0.2, 0) is 13.1 Å². The van der Waals surface area contributed by atoms with Crippen LogP contribution in [-0.4, -0.2) is 62.7 Å². The van der Waals surface area contributed by atoms with Gasteiger partial charge < -0.3 is 25.2 Å². The average molecular weight is 397 g/mol. The van der Waals surface area contributed by atoms with Crippen molar-refractivity contribution < 1.29 is 4.74 Å². The number of aliphatic imine (C=N–C) groups is 1. The van der Waals surface area contributed by atoms with Gasteiger partial charge in [-0.15, -0.1) is 0 Å². The molecule has 0 radical (unpaired) electrons. The maximum absolute atomic E-state index is 5.43. The Labute approximate surface area is 173 Å². The fourth-order valence-electron chi connectivity index (χ4n) is 3.31. The van der Waals surface area contributed by atoms with Crippen molar-refractivity contribution in [2.45, 2.75) is 20.0 Å². The van der Waals surface area contributed by atoms with Gasteiger partial charge in [0.15, 0.2) is 5.96 Å². The molecule has 0 unspecified atom stereocenters. The molecule has 29 heavy (non-hydrogen) atoms. The summed E-state index contributed by atoms with van der Waals surface area (Å²) in [7, 11) is 3.86. The molecule has 0 bridgehead atoms. The van der Waals surface area contributed by atoms with Crippen molar-refractivity contribution in [3.63, 3.8) is 0 Å². The second kappa shape index (κ2) is 10.7.